The van der Waals surface area contributed by atoms with Gasteiger partial charge in [-0.2, -0.15) is 0 Å². The SMILES string of the molecule is C=C/C(=C\C1=CCC(C(=O)NC2CCCCC2)N1CC1CCCC(=C)C1=C)C(=N)N. The largest absolute Gasteiger partial charge is 0.384 e. The molecule has 0 saturated heterocycles. The van der Waals surface area contributed by atoms with Crippen molar-refractivity contribution in [2.45, 2.75) is 69.9 Å². The lowest BCUT2D eigenvalue weighted by atomic mass is 9.81. The van der Waals surface area contributed by atoms with Crippen LogP contribution in [0.2, 0.25) is 0 Å². The first kappa shape index (κ1) is 22.1. The van der Waals surface area contributed by atoms with E-state index in [0.29, 0.717) is 12.0 Å². The average molecular weight is 409 g/mol. The van der Waals surface area contributed by atoms with Crippen LogP contribution in [-0.2, 0) is 4.79 Å². The Morgan fingerprint density at radius 2 is 1.97 bits per heavy atom. The van der Waals surface area contributed by atoms with Crippen LogP contribution in [0.4, 0.5) is 0 Å². The molecule has 3 rings (SSSR count). The quantitative estimate of drug-likeness (QED) is 0.333. The van der Waals surface area contributed by atoms with Crippen LogP contribution in [0.25, 0.3) is 0 Å². The maximum absolute atomic E-state index is 13.2. The minimum absolute atomic E-state index is 0.0172. The first-order valence-corrected chi connectivity index (χ1v) is 11.2. The van der Waals surface area contributed by atoms with Crippen molar-refractivity contribution < 1.29 is 4.79 Å². The third-order valence-electron chi connectivity index (χ3n) is 6.74. The summed E-state index contributed by atoms with van der Waals surface area (Å²) >= 11 is 0. The van der Waals surface area contributed by atoms with Gasteiger partial charge in [-0.15, -0.1) is 0 Å². The maximum Gasteiger partial charge on any atom is 0.243 e. The highest BCUT2D eigenvalue weighted by Gasteiger charge is 2.35. The van der Waals surface area contributed by atoms with Crippen LogP contribution in [0, 0.1) is 11.3 Å². The number of hydrogen-bond donors (Lipinski definition) is 3. The molecule has 2 saturated carbocycles. The van der Waals surface area contributed by atoms with E-state index in [-0.39, 0.29) is 29.7 Å². The maximum atomic E-state index is 13.2. The van der Waals surface area contributed by atoms with Crippen molar-refractivity contribution in [1.29, 1.82) is 5.41 Å². The molecule has 162 valence electrons. The van der Waals surface area contributed by atoms with Crippen LogP contribution in [0.1, 0.15) is 57.8 Å². The average Bonchev–Trinajstić information content (AvgIpc) is 3.12. The first-order chi connectivity index (χ1) is 14.4. The van der Waals surface area contributed by atoms with Gasteiger partial charge in [-0.3, -0.25) is 10.2 Å². The van der Waals surface area contributed by atoms with E-state index in [1.54, 1.807) is 6.08 Å². The van der Waals surface area contributed by atoms with E-state index in [1.165, 1.54) is 19.3 Å². The molecular formula is C25H36N4O. The molecule has 5 nitrogen and oxygen atoms in total. The Bertz CT molecular complexity index is 785. The fraction of sp³-hybridized carbons (Fsp3) is 0.520. The van der Waals surface area contributed by atoms with Crippen molar-refractivity contribution in [1.82, 2.24) is 10.2 Å². The summed E-state index contributed by atoms with van der Waals surface area (Å²) in [5.41, 5.74) is 9.46. The van der Waals surface area contributed by atoms with Gasteiger partial charge >= 0.3 is 0 Å². The van der Waals surface area contributed by atoms with Gasteiger partial charge in [-0.25, -0.2) is 0 Å². The van der Waals surface area contributed by atoms with Crippen LogP contribution in [0.3, 0.4) is 0 Å². The van der Waals surface area contributed by atoms with Crippen LogP contribution >= 0.6 is 0 Å². The van der Waals surface area contributed by atoms with Crippen LogP contribution < -0.4 is 11.1 Å². The molecule has 0 spiro atoms. The van der Waals surface area contributed by atoms with Gasteiger partial charge in [0.25, 0.3) is 0 Å². The summed E-state index contributed by atoms with van der Waals surface area (Å²) in [7, 11) is 0. The Kier molecular flexibility index (Phi) is 7.35. The van der Waals surface area contributed by atoms with Gasteiger partial charge < -0.3 is 16.0 Å². The Labute approximate surface area is 181 Å². The molecule has 0 bridgehead atoms. The number of carbonyl (C=O) groups is 1. The van der Waals surface area contributed by atoms with Crippen molar-refractivity contribution in [3.8, 4) is 0 Å². The lowest BCUT2D eigenvalue weighted by Crippen LogP contribution is -2.49. The molecule has 0 aromatic rings. The highest BCUT2D eigenvalue weighted by molar-refractivity contribution is 5.97. The monoisotopic (exact) mass is 408 g/mol. The number of allylic oxidation sites excluding steroid dienone is 2. The van der Waals surface area contributed by atoms with E-state index in [9.17, 15) is 4.79 Å². The third-order valence-corrected chi connectivity index (χ3v) is 6.74. The zero-order valence-electron chi connectivity index (χ0n) is 18.1. The van der Waals surface area contributed by atoms with Crippen LogP contribution in [0.5, 0.6) is 0 Å². The number of nitrogens with two attached hydrogens (primary N) is 1. The predicted molar refractivity (Wildman–Crippen MR) is 124 cm³/mol. The van der Waals surface area contributed by atoms with Crippen molar-refractivity contribution in [3.05, 3.63) is 60.4 Å². The van der Waals surface area contributed by atoms with Crippen LogP contribution in [-0.4, -0.2) is 35.3 Å². The van der Waals surface area contributed by atoms with Crippen molar-refractivity contribution in [2.24, 2.45) is 11.7 Å². The zero-order valence-corrected chi connectivity index (χ0v) is 18.1. The minimum atomic E-state index is -0.237. The Morgan fingerprint density at radius 1 is 1.23 bits per heavy atom. The van der Waals surface area contributed by atoms with E-state index in [0.717, 1.165) is 55.5 Å². The number of carbonyl (C=O) groups excluding carboxylic acids is 1. The van der Waals surface area contributed by atoms with E-state index in [2.05, 4.69) is 36.0 Å². The van der Waals surface area contributed by atoms with E-state index >= 15 is 0 Å². The van der Waals surface area contributed by atoms with Crippen molar-refractivity contribution >= 4 is 11.7 Å². The van der Waals surface area contributed by atoms with Gasteiger partial charge in [0.05, 0.1) is 0 Å². The van der Waals surface area contributed by atoms with Crippen LogP contribution in [0.15, 0.2) is 60.4 Å². The summed E-state index contributed by atoms with van der Waals surface area (Å²) in [6.07, 6.45) is 15.2. The normalized spacial score (nSPS) is 25.8. The molecule has 4 N–H and O–H groups in total. The number of amidine groups is 1. The number of hydrogen-bond acceptors (Lipinski definition) is 3. The molecule has 2 unspecified atom stereocenters. The van der Waals surface area contributed by atoms with E-state index in [1.807, 2.05) is 6.08 Å². The predicted octanol–water partition coefficient (Wildman–Crippen LogP) is 4.35. The molecule has 1 amide bonds. The van der Waals surface area contributed by atoms with Crippen molar-refractivity contribution in [2.75, 3.05) is 6.54 Å². The summed E-state index contributed by atoms with van der Waals surface area (Å²) in [5, 5.41) is 11.1. The molecule has 2 atom stereocenters. The summed E-state index contributed by atoms with van der Waals surface area (Å²) in [4.78, 5) is 15.4. The van der Waals surface area contributed by atoms with Gasteiger partial charge in [-0.1, -0.05) is 56.7 Å². The number of nitrogens with zero attached hydrogens (tertiary/aromatic N) is 1. The highest BCUT2D eigenvalue weighted by Crippen LogP contribution is 2.35. The lowest BCUT2D eigenvalue weighted by molar-refractivity contribution is -0.126. The van der Waals surface area contributed by atoms with E-state index in [4.69, 9.17) is 11.1 Å². The second-order valence-electron chi connectivity index (χ2n) is 8.81. The third kappa shape index (κ3) is 5.13. The highest BCUT2D eigenvalue weighted by atomic mass is 16.2. The standard InChI is InChI=1S/C25H36N4O/c1-4-19(24(26)27)15-22-13-14-23(25(30)28-21-11-6-5-7-12-21)29(22)16-20-10-8-9-17(2)18(20)3/h4,13,15,20-21,23H,1-3,5-12,14,16H2,(H3,26,27)(H,28,30)/b19-15+. The fourth-order valence-electron chi connectivity index (χ4n) is 4.85. The molecule has 0 radical (unpaired) electrons. The summed E-state index contributed by atoms with van der Waals surface area (Å²) < 4.78 is 0. The fourth-order valence-corrected chi connectivity index (χ4v) is 4.85. The van der Waals surface area contributed by atoms with E-state index < -0.39 is 0 Å². The Morgan fingerprint density at radius 3 is 2.63 bits per heavy atom. The second-order valence-corrected chi connectivity index (χ2v) is 8.81. The summed E-state index contributed by atoms with van der Waals surface area (Å²) in [6, 6.07) is 0.0530. The molecule has 30 heavy (non-hydrogen) atoms. The molecule has 1 aliphatic heterocycles. The molecular weight excluding hydrogens is 372 g/mol. The molecule has 5 heteroatoms. The molecule has 0 aromatic heterocycles. The summed E-state index contributed by atoms with van der Waals surface area (Å²) in [6.45, 7) is 13.0. The van der Waals surface area contributed by atoms with Crippen molar-refractivity contribution in [3.63, 3.8) is 0 Å². The minimum Gasteiger partial charge on any atom is -0.384 e. The molecule has 1 heterocycles. The molecule has 2 aliphatic carbocycles. The molecule has 2 fully saturated rings. The smallest absolute Gasteiger partial charge is 0.243 e. The number of rotatable bonds is 7. The zero-order chi connectivity index (χ0) is 21.7. The second kappa shape index (κ2) is 9.96. The summed E-state index contributed by atoms with van der Waals surface area (Å²) in [5.74, 6) is 0.372. The van der Waals surface area contributed by atoms with Gasteiger partial charge in [0, 0.05) is 29.8 Å². The topological polar surface area (TPSA) is 82.2 Å². The lowest BCUT2D eigenvalue weighted by Gasteiger charge is -2.36. The van der Waals surface area contributed by atoms with Gasteiger partial charge in [-0.05, 0) is 50.2 Å². The van der Waals surface area contributed by atoms with Gasteiger partial charge in [0.1, 0.15) is 11.9 Å². The van der Waals surface area contributed by atoms with Gasteiger partial charge in [0.2, 0.25) is 5.91 Å². The Hall–Kier alpha value is -2.56. The van der Waals surface area contributed by atoms with Gasteiger partial charge in [0.15, 0.2) is 0 Å². The first-order valence-electron chi connectivity index (χ1n) is 11.2. The number of amides is 1. The molecule has 3 aliphatic rings. The number of nitrogens with one attached hydrogen (secondary N) is 2. The Balaban J connectivity index is 1.80. The molecule has 0 aromatic carbocycles.